The number of hydrogen-bond acceptors (Lipinski definition) is 4. The van der Waals surface area contributed by atoms with E-state index in [0.29, 0.717) is 19.3 Å². The van der Waals surface area contributed by atoms with Crippen molar-refractivity contribution in [1.29, 1.82) is 0 Å². The first-order valence-electron chi connectivity index (χ1n) is 3.98. The molecule has 2 atom stereocenters. The zero-order valence-electron chi connectivity index (χ0n) is 7.27. The van der Waals surface area contributed by atoms with Crippen LogP contribution in [0.3, 0.4) is 0 Å². The number of carbonyl (C=O) groups excluding carboxylic acids is 1. The first kappa shape index (κ1) is 11.9. The van der Waals surface area contributed by atoms with Gasteiger partial charge in [-0.15, -0.1) is 0 Å². The van der Waals surface area contributed by atoms with E-state index in [0.717, 1.165) is 0 Å². The van der Waals surface area contributed by atoms with Crippen LogP contribution in [-0.2, 0) is 9.59 Å². The summed E-state index contributed by atoms with van der Waals surface area (Å²) in [4.78, 5) is 20.7. The third-order valence-electron chi connectivity index (χ3n) is 1.71. The zero-order valence-corrected chi connectivity index (χ0v) is 7.27. The number of carbonyl (C=O) groups is 2. The molecule has 6 heteroatoms. The van der Waals surface area contributed by atoms with E-state index in [4.69, 9.17) is 22.3 Å². The van der Waals surface area contributed by atoms with Crippen molar-refractivity contribution in [2.24, 2.45) is 17.2 Å². The Hall–Kier alpha value is -1.14. The van der Waals surface area contributed by atoms with Crippen molar-refractivity contribution in [2.45, 2.75) is 31.3 Å². The molecule has 0 aliphatic rings. The Morgan fingerprint density at radius 2 is 1.62 bits per heavy atom. The summed E-state index contributed by atoms with van der Waals surface area (Å²) >= 11 is 0. The molecule has 76 valence electrons. The van der Waals surface area contributed by atoms with Crippen molar-refractivity contribution < 1.29 is 14.7 Å². The maximum atomic E-state index is 10.5. The Balaban J connectivity index is 3.56. The summed E-state index contributed by atoms with van der Waals surface area (Å²) in [6.07, 6.45) is 1.16. The Labute approximate surface area is 76.1 Å². The van der Waals surface area contributed by atoms with E-state index < -0.39 is 24.0 Å². The fraction of sp³-hybridized carbons (Fsp3) is 0.714. The normalized spacial score (nSPS) is 14.9. The van der Waals surface area contributed by atoms with Gasteiger partial charge in [-0.05, 0) is 19.3 Å². The number of carboxylic acid groups (broad SMARTS) is 1. The molecular weight excluding hydrogens is 174 g/mol. The van der Waals surface area contributed by atoms with E-state index in [9.17, 15) is 9.59 Å². The third kappa shape index (κ3) is 5.15. The molecule has 0 fully saturated rings. The second-order valence-electron chi connectivity index (χ2n) is 2.88. The molecule has 6 nitrogen and oxygen atoms in total. The highest BCUT2D eigenvalue weighted by Crippen LogP contribution is 2.01. The molecular formula is C7H15N3O3. The molecule has 0 rings (SSSR count). The molecule has 0 aliphatic carbocycles. The van der Waals surface area contributed by atoms with Gasteiger partial charge in [0.25, 0.3) is 0 Å². The maximum Gasteiger partial charge on any atom is 0.320 e. The number of primary amides is 1. The van der Waals surface area contributed by atoms with Gasteiger partial charge in [-0.2, -0.15) is 0 Å². The van der Waals surface area contributed by atoms with Gasteiger partial charge in [0.15, 0.2) is 0 Å². The van der Waals surface area contributed by atoms with Crippen LogP contribution in [0.15, 0.2) is 0 Å². The van der Waals surface area contributed by atoms with Gasteiger partial charge in [0, 0.05) is 0 Å². The number of carboxylic acids is 1. The van der Waals surface area contributed by atoms with Crippen LogP contribution in [0, 0.1) is 0 Å². The van der Waals surface area contributed by atoms with Crippen molar-refractivity contribution in [2.75, 3.05) is 0 Å². The highest BCUT2D eigenvalue weighted by atomic mass is 16.4. The molecule has 0 aromatic rings. The quantitative estimate of drug-likeness (QED) is 0.398. The van der Waals surface area contributed by atoms with Gasteiger partial charge in [0.2, 0.25) is 5.91 Å². The van der Waals surface area contributed by atoms with Crippen molar-refractivity contribution >= 4 is 11.9 Å². The Morgan fingerprint density at radius 1 is 1.15 bits per heavy atom. The van der Waals surface area contributed by atoms with Gasteiger partial charge in [0.05, 0.1) is 6.04 Å². The van der Waals surface area contributed by atoms with Gasteiger partial charge in [-0.25, -0.2) is 0 Å². The van der Waals surface area contributed by atoms with Crippen molar-refractivity contribution in [3.8, 4) is 0 Å². The Morgan fingerprint density at radius 3 is 2.00 bits per heavy atom. The standard InChI is InChI=1S/C7H15N3O3/c8-4(6(10)11)2-1-3-5(9)7(12)13/h4-5H,1-3,8-9H2,(H2,10,11)(H,12,13)/t4?,5-/m1/s1. The Kier molecular flexibility index (Phi) is 5.01. The first-order valence-corrected chi connectivity index (χ1v) is 3.98. The van der Waals surface area contributed by atoms with Crippen LogP contribution in [0.2, 0.25) is 0 Å². The van der Waals surface area contributed by atoms with Crippen LogP contribution >= 0.6 is 0 Å². The molecule has 0 saturated heterocycles. The molecule has 1 amide bonds. The average Bonchev–Trinajstić information content (AvgIpc) is 2.03. The Bertz CT molecular complexity index is 175. The van der Waals surface area contributed by atoms with Crippen LogP contribution in [0.1, 0.15) is 19.3 Å². The second kappa shape index (κ2) is 5.50. The van der Waals surface area contributed by atoms with Crippen molar-refractivity contribution in [1.82, 2.24) is 0 Å². The third-order valence-corrected chi connectivity index (χ3v) is 1.71. The molecule has 0 saturated carbocycles. The summed E-state index contributed by atoms with van der Waals surface area (Å²) in [5.74, 6) is -1.63. The maximum absolute atomic E-state index is 10.5. The number of hydrogen-bond donors (Lipinski definition) is 4. The molecule has 1 unspecified atom stereocenters. The molecule has 13 heavy (non-hydrogen) atoms. The van der Waals surface area contributed by atoms with Crippen molar-refractivity contribution in [3.63, 3.8) is 0 Å². The van der Waals surface area contributed by atoms with Crippen LogP contribution in [0.5, 0.6) is 0 Å². The van der Waals surface area contributed by atoms with E-state index in [-0.39, 0.29) is 0 Å². The van der Waals surface area contributed by atoms with Gasteiger partial charge >= 0.3 is 5.97 Å². The molecule has 0 aromatic carbocycles. The lowest BCUT2D eigenvalue weighted by atomic mass is 10.1. The number of nitrogens with two attached hydrogens (primary N) is 3. The smallest absolute Gasteiger partial charge is 0.320 e. The summed E-state index contributed by atoms with van der Waals surface area (Å²) in [5, 5.41) is 8.41. The molecule has 0 aromatic heterocycles. The summed E-state index contributed by atoms with van der Waals surface area (Å²) in [6.45, 7) is 0. The lowest BCUT2D eigenvalue weighted by molar-refractivity contribution is -0.138. The highest BCUT2D eigenvalue weighted by Gasteiger charge is 2.13. The minimum atomic E-state index is -1.05. The topological polar surface area (TPSA) is 132 Å². The van der Waals surface area contributed by atoms with Crippen LogP contribution in [-0.4, -0.2) is 29.1 Å². The van der Waals surface area contributed by atoms with Gasteiger partial charge < -0.3 is 22.3 Å². The summed E-state index contributed by atoms with van der Waals surface area (Å²) in [5.41, 5.74) is 15.4. The number of rotatable bonds is 6. The molecule has 0 spiro atoms. The molecule has 7 N–H and O–H groups in total. The lowest BCUT2D eigenvalue weighted by Crippen LogP contribution is -2.37. The lowest BCUT2D eigenvalue weighted by Gasteiger charge is -2.08. The first-order chi connectivity index (χ1) is 5.95. The fourth-order valence-electron chi connectivity index (χ4n) is 0.823. The minimum Gasteiger partial charge on any atom is -0.480 e. The van der Waals surface area contributed by atoms with Crippen LogP contribution < -0.4 is 17.2 Å². The van der Waals surface area contributed by atoms with E-state index >= 15 is 0 Å². The monoisotopic (exact) mass is 189 g/mol. The van der Waals surface area contributed by atoms with Crippen molar-refractivity contribution in [3.05, 3.63) is 0 Å². The summed E-state index contributed by atoms with van der Waals surface area (Å²) in [7, 11) is 0. The minimum absolute atomic E-state index is 0.302. The largest absolute Gasteiger partial charge is 0.480 e. The van der Waals surface area contributed by atoms with Gasteiger partial charge in [-0.3, -0.25) is 9.59 Å². The fourth-order valence-corrected chi connectivity index (χ4v) is 0.823. The summed E-state index contributed by atoms with van der Waals surface area (Å²) in [6, 6.07) is -1.60. The molecule has 0 bridgehead atoms. The second-order valence-corrected chi connectivity index (χ2v) is 2.88. The predicted octanol–water partition coefficient (Wildman–Crippen LogP) is -1.62. The van der Waals surface area contributed by atoms with Gasteiger partial charge in [-0.1, -0.05) is 0 Å². The summed E-state index contributed by atoms with van der Waals surface area (Å²) < 4.78 is 0. The average molecular weight is 189 g/mol. The molecule has 0 aliphatic heterocycles. The SMILES string of the molecule is NC(=O)C(N)CCC[C@@H](N)C(=O)O. The zero-order chi connectivity index (χ0) is 10.4. The van der Waals surface area contributed by atoms with E-state index in [1.54, 1.807) is 0 Å². The van der Waals surface area contributed by atoms with E-state index in [1.807, 2.05) is 0 Å². The molecule has 0 heterocycles. The van der Waals surface area contributed by atoms with E-state index in [2.05, 4.69) is 0 Å². The highest BCUT2D eigenvalue weighted by molar-refractivity contribution is 5.79. The number of amides is 1. The molecule has 0 radical (unpaired) electrons. The van der Waals surface area contributed by atoms with E-state index in [1.165, 1.54) is 0 Å². The number of aliphatic carboxylic acids is 1. The van der Waals surface area contributed by atoms with Gasteiger partial charge in [0.1, 0.15) is 6.04 Å². The predicted molar refractivity (Wildman–Crippen MR) is 46.6 cm³/mol. The van der Waals surface area contributed by atoms with Crippen LogP contribution in [0.4, 0.5) is 0 Å². The van der Waals surface area contributed by atoms with Crippen LogP contribution in [0.25, 0.3) is 0 Å².